The lowest BCUT2D eigenvalue weighted by Crippen LogP contribution is -2.28. The van der Waals surface area contributed by atoms with E-state index in [2.05, 4.69) is 10.0 Å². The molecule has 0 spiro atoms. The van der Waals surface area contributed by atoms with Crippen LogP contribution in [0.15, 0.2) is 24.3 Å². The fourth-order valence-corrected chi connectivity index (χ4v) is 2.91. The lowest BCUT2D eigenvalue weighted by Gasteiger charge is -2.09. The highest BCUT2D eigenvalue weighted by molar-refractivity contribution is 7.88. The topological polar surface area (TPSA) is 58.2 Å². The van der Waals surface area contributed by atoms with E-state index >= 15 is 0 Å². The van der Waals surface area contributed by atoms with Gasteiger partial charge in [-0.15, -0.1) is 0 Å². The first-order valence-corrected chi connectivity index (χ1v) is 7.78. The molecule has 0 saturated carbocycles. The normalized spacial score (nSPS) is 12.0. The molecule has 0 heterocycles. The van der Waals surface area contributed by atoms with Gasteiger partial charge in [0.1, 0.15) is 0 Å². The number of sulfonamides is 1. The van der Waals surface area contributed by atoms with E-state index in [1.54, 1.807) is 0 Å². The Kier molecular flexibility index (Phi) is 5.78. The van der Waals surface area contributed by atoms with Crippen molar-refractivity contribution < 1.29 is 8.42 Å². The minimum Gasteiger partial charge on any atom is -0.316 e. The summed E-state index contributed by atoms with van der Waals surface area (Å²) in [5.74, 6) is 0.354. The maximum Gasteiger partial charge on any atom is 0.215 e. The molecule has 0 radical (unpaired) electrons. The van der Waals surface area contributed by atoms with E-state index in [4.69, 9.17) is 0 Å². The van der Waals surface area contributed by atoms with Gasteiger partial charge in [-0.25, -0.2) is 13.1 Å². The van der Waals surface area contributed by atoms with Gasteiger partial charge in [0.25, 0.3) is 0 Å². The van der Waals surface area contributed by atoms with Crippen LogP contribution < -0.4 is 10.0 Å². The molecule has 0 bridgehead atoms. The molecule has 1 rings (SSSR count). The Balaban J connectivity index is 2.68. The highest BCUT2D eigenvalue weighted by atomic mass is 32.2. The fraction of sp³-hybridized carbons (Fsp3) is 0.538. The molecule has 1 aromatic carbocycles. The van der Waals surface area contributed by atoms with Crippen LogP contribution in [0.4, 0.5) is 0 Å². The van der Waals surface area contributed by atoms with Crippen LogP contribution in [0.1, 0.15) is 25.0 Å². The Labute approximate surface area is 110 Å². The summed E-state index contributed by atoms with van der Waals surface area (Å²) in [7, 11) is -1.36. The molecule has 1 aromatic rings. The average Bonchev–Trinajstić information content (AvgIpc) is 2.27. The molecule has 0 saturated heterocycles. The van der Waals surface area contributed by atoms with Crippen LogP contribution >= 0.6 is 0 Å². The van der Waals surface area contributed by atoms with Crippen molar-refractivity contribution in [2.45, 2.75) is 26.1 Å². The third-order valence-corrected chi connectivity index (χ3v) is 3.76. The van der Waals surface area contributed by atoms with Crippen molar-refractivity contribution in [3.8, 4) is 0 Å². The Morgan fingerprint density at radius 1 is 1.22 bits per heavy atom. The molecule has 18 heavy (non-hydrogen) atoms. The van der Waals surface area contributed by atoms with Gasteiger partial charge < -0.3 is 5.32 Å². The molecule has 0 aromatic heterocycles. The molecule has 0 amide bonds. The zero-order valence-electron chi connectivity index (χ0n) is 11.2. The first kappa shape index (κ1) is 15.1. The smallest absolute Gasteiger partial charge is 0.215 e. The zero-order valence-corrected chi connectivity index (χ0v) is 12.0. The molecule has 102 valence electrons. The SMILES string of the molecule is CNCc1cccc(CS(=O)(=O)NCC(C)C)c1. The van der Waals surface area contributed by atoms with Crippen LogP contribution in [0.2, 0.25) is 0 Å². The summed E-state index contributed by atoms with van der Waals surface area (Å²) in [6.07, 6.45) is 0. The molecule has 0 fully saturated rings. The zero-order chi connectivity index (χ0) is 13.6. The van der Waals surface area contributed by atoms with Crippen LogP contribution in [0.5, 0.6) is 0 Å². The van der Waals surface area contributed by atoms with Crippen LogP contribution in [0.25, 0.3) is 0 Å². The maximum absolute atomic E-state index is 11.8. The van der Waals surface area contributed by atoms with E-state index in [0.717, 1.165) is 17.7 Å². The van der Waals surface area contributed by atoms with Crippen LogP contribution in [-0.2, 0) is 22.3 Å². The van der Waals surface area contributed by atoms with Crippen LogP contribution in [-0.4, -0.2) is 22.0 Å². The largest absolute Gasteiger partial charge is 0.316 e. The summed E-state index contributed by atoms with van der Waals surface area (Å²) in [4.78, 5) is 0. The number of benzene rings is 1. The van der Waals surface area contributed by atoms with Crippen molar-refractivity contribution >= 4 is 10.0 Å². The molecule has 0 aliphatic heterocycles. The predicted octanol–water partition coefficient (Wildman–Crippen LogP) is 1.48. The summed E-state index contributed by atoms with van der Waals surface area (Å²) in [5, 5.41) is 3.05. The van der Waals surface area contributed by atoms with E-state index < -0.39 is 10.0 Å². The van der Waals surface area contributed by atoms with Crippen molar-refractivity contribution in [3.05, 3.63) is 35.4 Å². The van der Waals surface area contributed by atoms with E-state index in [9.17, 15) is 8.42 Å². The van der Waals surface area contributed by atoms with E-state index in [0.29, 0.717) is 12.5 Å². The lowest BCUT2D eigenvalue weighted by molar-refractivity contribution is 0.559. The average molecular weight is 270 g/mol. The minimum absolute atomic E-state index is 0.0390. The monoisotopic (exact) mass is 270 g/mol. The fourth-order valence-electron chi connectivity index (χ4n) is 1.60. The number of hydrogen-bond acceptors (Lipinski definition) is 3. The van der Waals surface area contributed by atoms with Crippen LogP contribution in [0, 0.1) is 5.92 Å². The van der Waals surface area contributed by atoms with Gasteiger partial charge in [0.05, 0.1) is 5.75 Å². The third kappa shape index (κ3) is 5.62. The molecule has 0 aliphatic carbocycles. The maximum atomic E-state index is 11.8. The first-order chi connectivity index (χ1) is 8.43. The summed E-state index contributed by atoms with van der Waals surface area (Å²) < 4.78 is 26.3. The molecular formula is C13H22N2O2S. The Bertz CT molecular complexity index is 470. The number of hydrogen-bond donors (Lipinski definition) is 2. The summed E-state index contributed by atoms with van der Waals surface area (Å²) in [6, 6.07) is 7.63. The van der Waals surface area contributed by atoms with Gasteiger partial charge in [0, 0.05) is 13.1 Å². The molecule has 5 heteroatoms. The molecule has 0 aliphatic rings. The van der Waals surface area contributed by atoms with Gasteiger partial charge in [0.2, 0.25) is 10.0 Å². The molecule has 4 nitrogen and oxygen atoms in total. The highest BCUT2D eigenvalue weighted by Gasteiger charge is 2.11. The Morgan fingerprint density at radius 2 is 1.89 bits per heavy atom. The first-order valence-electron chi connectivity index (χ1n) is 6.12. The Hall–Kier alpha value is -0.910. The van der Waals surface area contributed by atoms with Crippen molar-refractivity contribution in [2.24, 2.45) is 5.92 Å². The van der Waals surface area contributed by atoms with Crippen molar-refractivity contribution in [2.75, 3.05) is 13.6 Å². The van der Waals surface area contributed by atoms with Crippen molar-refractivity contribution in [1.29, 1.82) is 0 Å². The van der Waals surface area contributed by atoms with Crippen molar-refractivity contribution in [1.82, 2.24) is 10.0 Å². The predicted molar refractivity (Wildman–Crippen MR) is 74.7 cm³/mol. The van der Waals surface area contributed by atoms with Crippen LogP contribution in [0.3, 0.4) is 0 Å². The second-order valence-corrected chi connectivity index (χ2v) is 6.66. The second-order valence-electron chi connectivity index (χ2n) is 4.85. The molecule has 2 N–H and O–H groups in total. The molecular weight excluding hydrogens is 248 g/mol. The second kappa shape index (κ2) is 6.87. The van der Waals surface area contributed by atoms with Gasteiger partial charge in [-0.3, -0.25) is 0 Å². The van der Waals surface area contributed by atoms with Crippen molar-refractivity contribution in [3.63, 3.8) is 0 Å². The van der Waals surface area contributed by atoms with Gasteiger partial charge in [0.15, 0.2) is 0 Å². The van der Waals surface area contributed by atoms with E-state index in [1.165, 1.54) is 0 Å². The third-order valence-electron chi connectivity index (χ3n) is 2.44. The number of nitrogens with one attached hydrogen (secondary N) is 2. The summed E-state index contributed by atoms with van der Waals surface area (Å²) >= 11 is 0. The van der Waals surface area contributed by atoms with Gasteiger partial charge >= 0.3 is 0 Å². The minimum atomic E-state index is -3.23. The van der Waals surface area contributed by atoms with E-state index in [-0.39, 0.29) is 5.75 Å². The summed E-state index contributed by atoms with van der Waals surface area (Å²) in [6.45, 7) is 5.19. The standard InChI is InChI=1S/C13H22N2O2S/c1-11(2)8-15-18(16,17)10-13-6-4-5-12(7-13)9-14-3/h4-7,11,14-15H,8-10H2,1-3H3. The van der Waals surface area contributed by atoms with Gasteiger partial charge in [-0.2, -0.15) is 0 Å². The highest BCUT2D eigenvalue weighted by Crippen LogP contribution is 2.09. The molecule has 0 atom stereocenters. The quantitative estimate of drug-likeness (QED) is 0.789. The summed E-state index contributed by atoms with van der Waals surface area (Å²) in [5.41, 5.74) is 1.91. The lowest BCUT2D eigenvalue weighted by atomic mass is 10.1. The number of rotatable bonds is 7. The van der Waals surface area contributed by atoms with Gasteiger partial charge in [-0.05, 0) is 24.1 Å². The van der Waals surface area contributed by atoms with Gasteiger partial charge in [-0.1, -0.05) is 38.1 Å². The molecule has 0 unspecified atom stereocenters. The Morgan fingerprint density at radius 3 is 2.50 bits per heavy atom. The van der Waals surface area contributed by atoms with E-state index in [1.807, 2.05) is 45.2 Å².